The van der Waals surface area contributed by atoms with E-state index in [1.807, 2.05) is 6.07 Å². The molecule has 2 aromatic rings. The molecule has 124 valence electrons. The van der Waals surface area contributed by atoms with Gasteiger partial charge in [-0.1, -0.05) is 0 Å². The molecular formula is C16H19NO5S. The van der Waals surface area contributed by atoms with Crippen molar-refractivity contribution in [2.45, 2.75) is 30.7 Å². The van der Waals surface area contributed by atoms with E-state index < -0.39 is 10.0 Å². The van der Waals surface area contributed by atoms with Crippen molar-refractivity contribution in [2.24, 2.45) is 0 Å². The Balaban J connectivity index is 1.75. The molecule has 0 spiro atoms. The molecule has 2 heterocycles. The third-order valence-corrected chi connectivity index (χ3v) is 5.06. The fourth-order valence-corrected chi connectivity index (χ4v) is 3.67. The van der Waals surface area contributed by atoms with Crippen molar-refractivity contribution in [1.29, 1.82) is 0 Å². The summed E-state index contributed by atoms with van der Waals surface area (Å²) in [4.78, 5) is 0.160. The van der Waals surface area contributed by atoms with Crippen LogP contribution in [0.5, 0.6) is 11.5 Å². The van der Waals surface area contributed by atoms with Crippen LogP contribution in [0.15, 0.2) is 45.9 Å². The highest BCUT2D eigenvalue weighted by Crippen LogP contribution is 2.31. The number of nitrogens with one attached hydrogen (secondary N) is 1. The molecular weight excluding hydrogens is 318 g/mol. The van der Waals surface area contributed by atoms with Gasteiger partial charge >= 0.3 is 0 Å². The zero-order valence-corrected chi connectivity index (χ0v) is 13.6. The van der Waals surface area contributed by atoms with Crippen LogP contribution < -0.4 is 14.2 Å². The molecule has 0 saturated carbocycles. The Morgan fingerprint density at radius 3 is 2.70 bits per heavy atom. The van der Waals surface area contributed by atoms with Crippen LogP contribution in [0.4, 0.5) is 0 Å². The summed E-state index contributed by atoms with van der Waals surface area (Å²) >= 11 is 0. The number of furan rings is 1. The minimum atomic E-state index is -3.64. The number of benzene rings is 1. The SMILES string of the molecule is C[C@H](Cc1ccco1)NS(=O)(=O)c1ccc2c(c1)OCCCO2. The summed E-state index contributed by atoms with van der Waals surface area (Å²) in [6, 6.07) is 7.96. The Kier molecular flexibility index (Phi) is 4.58. The first-order chi connectivity index (χ1) is 11.0. The van der Waals surface area contributed by atoms with Gasteiger partial charge in [0.15, 0.2) is 11.5 Å². The van der Waals surface area contributed by atoms with Crippen molar-refractivity contribution in [1.82, 2.24) is 4.72 Å². The number of sulfonamides is 1. The zero-order chi connectivity index (χ0) is 16.3. The number of fused-ring (bicyclic) bond motifs is 1. The van der Waals surface area contributed by atoms with Crippen LogP contribution in [0.1, 0.15) is 19.1 Å². The molecule has 3 rings (SSSR count). The smallest absolute Gasteiger partial charge is 0.240 e. The summed E-state index contributed by atoms with van der Waals surface area (Å²) in [5, 5.41) is 0. The maximum atomic E-state index is 12.5. The van der Waals surface area contributed by atoms with E-state index in [4.69, 9.17) is 13.9 Å². The zero-order valence-electron chi connectivity index (χ0n) is 12.8. The van der Waals surface area contributed by atoms with Gasteiger partial charge in [-0.2, -0.15) is 0 Å². The Morgan fingerprint density at radius 2 is 1.96 bits per heavy atom. The fourth-order valence-electron chi connectivity index (χ4n) is 2.42. The summed E-state index contributed by atoms with van der Waals surface area (Å²) in [5.74, 6) is 1.77. The Bertz CT molecular complexity index is 755. The summed E-state index contributed by atoms with van der Waals surface area (Å²) in [5.41, 5.74) is 0. The van der Waals surface area contributed by atoms with E-state index in [9.17, 15) is 8.42 Å². The van der Waals surface area contributed by atoms with Crippen LogP contribution in [0, 0.1) is 0 Å². The lowest BCUT2D eigenvalue weighted by Crippen LogP contribution is -2.34. The first-order valence-electron chi connectivity index (χ1n) is 7.49. The Morgan fingerprint density at radius 1 is 1.17 bits per heavy atom. The van der Waals surface area contributed by atoms with E-state index >= 15 is 0 Å². The van der Waals surface area contributed by atoms with Crippen molar-refractivity contribution in [3.05, 3.63) is 42.4 Å². The first-order valence-corrected chi connectivity index (χ1v) is 8.97. The number of ether oxygens (including phenoxy) is 2. The van der Waals surface area contributed by atoms with E-state index in [1.54, 1.807) is 25.3 Å². The van der Waals surface area contributed by atoms with Crippen LogP contribution in [0.2, 0.25) is 0 Å². The van der Waals surface area contributed by atoms with Gasteiger partial charge in [0.1, 0.15) is 5.76 Å². The van der Waals surface area contributed by atoms with Crippen molar-refractivity contribution >= 4 is 10.0 Å². The van der Waals surface area contributed by atoms with E-state index in [1.165, 1.54) is 12.1 Å². The highest BCUT2D eigenvalue weighted by molar-refractivity contribution is 7.89. The molecule has 6 nitrogen and oxygen atoms in total. The van der Waals surface area contributed by atoms with Gasteiger partial charge in [0, 0.05) is 24.9 Å². The van der Waals surface area contributed by atoms with Crippen molar-refractivity contribution in [3.63, 3.8) is 0 Å². The predicted octanol–water partition coefficient (Wildman–Crippen LogP) is 2.35. The van der Waals surface area contributed by atoms with Crippen LogP contribution in [-0.2, 0) is 16.4 Å². The molecule has 0 amide bonds. The summed E-state index contributed by atoms with van der Waals surface area (Å²) in [6.45, 7) is 2.87. The molecule has 0 bridgehead atoms. The first kappa shape index (κ1) is 15.9. The second kappa shape index (κ2) is 6.64. The van der Waals surface area contributed by atoms with Crippen LogP contribution >= 0.6 is 0 Å². The van der Waals surface area contributed by atoms with Gasteiger partial charge in [0.2, 0.25) is 10.0 Å². The second-order valence-corrected chi connectivity index (χ2v) is 7.18. The van der Waals surface area contributed by atoms with Gasteiger partial charge < -0.3 is 13.9 Å². The van der Waals surface area contributed by atoms with E-state index in [0.717, 1.165) is 12.2 Å². The number of rotatable bonds is 5. The van der Waals surface area contributed by atoms with Gasteiger partial charge in [-0.25, -0.2) is 13.1 Å². The lowest BCUT2D eigenvalue weighted by molar-refractivity contribution is 0.297. The lowest BCUT2D eigenvalue weighted by atomic mass is 10.2. The van der Waals surface area contributed by atoms with E-state index in [-0.39, 0.29) is 10.9 Å². The minimum Gasteiger partial charge on any atom is -0.490 e. The van der Waals surface area contributed by atoms with Crippen molar-refractivity contribution in [2.75, 3.05) is 13.2 Å². The highest BCUT2D eigenvalue weighted by Gasteiger charge is 2.21. The fraction of sp³-hybridized carbons (Fsp3) is 0.375. The number of hydrogen-bond donors (Lipinski definition) is 1. The molecule has 1 N–H and O–H groups in total. The average molecular weight is 337 g/mol. The molecule has 1 aromatic heterocycles. The molecule has 1 aromatic carbocycles. The molecule has 23 heavy (non-hydrogen) atoms. The molecule has 0 unspecified atom stereocenters. The van der Waals surface area contributed by atoms with Gasteiger partial charge in [-0.3, -0.25) is 0 Å². The maximum Gasteiger partial charge on any atom is 0.240 e. The van der Waals surface area contributed by atoms with Crippen molar-refractivity contribution < 1.29 is 22.3 Å². The predicted molar refractivity (Wildman–Crippen MR) is 84.2 cm³/mol. The highest BCUT2D eigenvalue weighted by atomic mass is 32.2. The summed E-state index contributed by atoms with van der Waals surface area (Å²) in [6.07, 6.45) is 2.83. The van der Waals surface area contributed by atoms with Crippen LogP contribution in [0.25, 0.3) is 0 Å². The summed E-state index contributed by atoms with van der Waals surface area (Å²) in [7, 11) is -3.64. The molecule has 1 aliphatic heterocycles. The second-order valence-electron chi connectivity index (χ2n) is 5.46. The third kappa shape index (κ3) is 3.86. The molecule has 0 aliphatic carbocycles. The molecule has 0 saturated heterocycles. The molecule has 0 radical (unpaired) electrons. The van der Waals surface area contributed by atoms with Gasteiger partial charge in [0.05, 0.1) is 24.4 Å². The quantitative estimate of drug-likeness (QED) is 0.906. The standard InChI is InChI=1S/C16H19NO5S/c1-12(10-13-4-2-7-20-13)17-23(18,19)14-5-6-15-16(11-14)22-9-3-8-21-15/h2,4-7,11-12,17H,3,8-10H2,1H3/t12-/m1/s1. The van der Waals surface area contributed by atoms with Crippen LogP contribution in [0.3, 0.4) is 0 Å². The summed E-state index contributed by atoms with van der Waals surface area (Å²) < 4.78 is 44.0. The lowest BCUT2D eigenvalue weighted by Gasteiger charge is -2.14. The molecule has 1 aliphatic rings. The average Bonchev–Trinajstić information content (AvgIpc) is 2.88. The van der Waals surface area contributed by atoms with E-state index in [2.05, 4.69) is 4.72 Å². The van der Waals surface area contributed by atoms with Gasteiger partial charge in [-0.15, -0.1) is 0 Å². The van der Waals surface area contributed by atoms with Crippen LogP contribution in [-0.4, -0.2) is 27.7 Å². The van der Waals surface area contributed by atoms with Gasteiger partial charge in [-0.05, 0) is 31.2 Å². The number of hydrogen-bond acceptors (Lipinski definition) is 5. The molecule has 0 fully saturated rings. The topological polar surface area (TPSA) is 77.8 Å². The Hall–Kier alpha value is -1.99. The maximum absolute atomic E-state index is 12.5. The minimum absolute atomic E-state index is 0.160. The van der Waals surface area contributed by atoms with E-state index in [0.29, 0.717) is 31.1 Å². The van der Waals surface area contributed by atoms with Gasteiger partial charge in [0.25, 0.3) is 0 Å². The Labute approximate surface area is 135 Å². The normalized spacial score (nSPS) is 15.9. The monoisotopic (exact) mass is 337 g/mol. The molecule has 7 heteroatoms. The largest absolute Gasteiger partial charge is 0.490 e. The van der Waals surface area contributed by atoms with Crippen molar-refractivity contribution in [3.8, 4) is 11.5 Å². The molecule has 1 atom stereocenters. The third-order valence-electron chi connectivity index (χ3n) is 3.47.